The second-order valence-corrected chi connectivity index (χ2v) is 12.6. The maximum atomic E-state index is 14.8. The number of benzene rings is 1. The molecule has 3 fully saturated rings. The highest BCUT2D eigenvalue weighted by Gasteiger charge is 2.75. The van der Waals surface area contributed by atoms with Crippen LogP contribution in [-0.2, 0) is 33.3 Å². The molecule has 9 atom stereocenters. The Hall–Kier alpha value is -3.08. The van der Waals surface area contributed by atoms with Crippen LogP contribution in [0.15, 0.2) is 41.5 Å². The van der Waals surface area contributed by atoms with E-state index in [4.69, 9.17) is 18.9 Å². The zero-order chi connectivity index (χ0) is 30.1. The summed E-state index contributed by atoms with van der Waals surface area (Å²) >= 11 is 0. The number of hydrogen-bond acceptors (Lipinski definition) is 10. The smallest absolute Gasteiger partial charge is 0.338 e. The molecule has 0 amide bonds. The van der Waals surface area contributed by atoms with Gasteiger partial charge in [-0.25, -0.2) is 4.79 Å². The number of rotatable bonds is 4. The van der Waals surface area contributed by atoms with Gasteiger partial charge in [0.15, 0.2) is 17.5 Å². The number of ketones is 1. The van der Waals surface area contributed by atoms with Crippen molar-refractivity contribution in [3.8, 4) is 0 Å². The van der Waals surface area contributed by atoms with E-state index in [-0.39, 0.29) is 25.0 Å². The second-order valence-electron chi connectivity index (χ2n) is 12.6. The van der Waals surface area contributed by atoms with Gasteiger partial charge >= 0.3 is 17.9 Å². The molecule has 41 heavy (non-hydrogen) atoms. The van der Waals surface area contributed by atoms with Gasteiger partial charge in [-0.15, -0.1) is 0 Å². The lowest BCUT2D eigenvalue weighted by atomic mass is 9.46. The highest BCUT2D eigenvalue weighted by Crippen LogP contribution is 2.63. The summed E-state index contributed by atoms with van der Waals surface area (Å²) in [5, 5.41) is 22.9. The summed E-state index contributed by atoms with van der Waals surface area (Å²) in [5.74, 6) is -4.30. The fourth-order valence-electron chi connectivity index (χ4n) is 7.98. The Balaban J connectivity index is 1.79. The molecule has 0 aromatic heterocycles. The minimum Gasteiger partial charge on any atom is -0.458 e. The maximum Gasteiger partial charge on any atom is 0.338 e. The predicted molar refractivity (Wildman–Crippen MR) is 143 cm³/mol. The van der Waals surface area contributed by atoms with Crippen LogP contribution in [0.3, 0.4) is 0 Å². The molecular weight excluding hydrogens is 532 g/mol. The van der Waals surface area contributed by atoms with Gasteiger partial charge in [-0.3, -0.25) is 14.4 Å². The van der Waals surface area contributed by atoms with E-state index in [0.29, 0.717) is 11.1 Å². The molecule has 222 valence electrons. The van der Waals surface area contributed by atoms with Crippen molar-refractivity contribution < 1.29 is 48.3 Å². The van der Waals surface area contributed by atoms with Crippen LogP contribution >= 0.6 is 0 Å². The number of fused-ring (bicyclic) bond motifs is 5. The Bertz CT molecular complexity index is 1300. The first-order valence-electron chi connectivity index (χ1n) is 14.0. The molecule has 10 heteroatoms. The van der Waals surface area contributed by atoms with E-state index in [1.807, 2.05) is 13.8 Å². The average molecular weight is 571 g/mol. The Morgan fingerprint density at radius 2 is 1.63 bits per heavy atom. The molecule has 2 bridgehead atoms. The van der Waals surface area contributed by atoms with Crippen molar-refractivity contribution in [1.82, 2.24) is 0 Å². The molecule has 5 rings (SSSR count). The Labute approximate surface area is 239 Å². The van der Waals surface area contributed by atoms with Crippen LogP contribution in [0.2, 0.25) is 0 Å². The van der Waals surface area contributed by atoms with E-state index in [2.05, 4.69) is 0 Å². The third-order valence-corrected chi connectivity index (χ3v) is 10.0. The minimum absolute atomic E-state index is 0.0210. The first kappa shape index (κ1) is 29.4. The van der Waals surface area contributed by atoms with E-state index >= 15 is 0 Å². The number of hydrogen-bond donors (Lipinski definition) is 2. The molecule has 1 saturated heterocycles. The van der Waals surface area contributed by atoms with Crippen molar-refractivity contribution in [3.63, 3.8) is 0 Å². The number of esters is 3. The van der Waals surface area contributed by atoms with Crippen molar-refractivity contribution in [2.24, 2.45) is 22.7 Å². The molecule has 10 nitrogen and oxygen atoms in total. The molecule has 2 saturated carbocycles. The highest BCUT2D eigenvalue weighted by atomic mass is 16.6. The first-order chi connectivity index (χ1) is 19.2. The van der Waals surface area contributed by atoms with Gasteiger partial charge in [0.1, 0.15) is 12.2 Å². The highest BCUT2D eigenvalue weighted by molar-refractivity contribution is 5.95. The molecule has 1 aromatic carbocycles. The van der Waals surface area contributed by atoms with Gasteiger partial charge in [-0.2, -0.15) is 0 Å². The summed E-state index contributed by atoms with van der Waals surface area (Å²) in [7, 11) is 0. The zero-order valence-electron chi connectivity index (χ0n) is 24.2. The van der Waals surface area contributed by atoms with E-state index in [0.717, 1.165) is 0 Å². The molecule has 0 spiro atoms. The maximum absolute atomic E-state index is 14.8. The molecule has 4 aliphatic rings. The SMILES string of the molecule is CC(=O)O[C@H]1C(=O)[C@@]2(C)C([C@H](OC(=O)c3ccccc3)C3C[C@H](O)C(C)=C1C3(C)C)[C@]1(OC(C)=O)CO[C@@H]1C[C@@H]2O. The largest absolute Gasteiger partial charge is 0.458 e. The molecule has 3 aliphatic carbocycles. The summed E-state index contributed by atoms with van der Waals surface area (Å²) in [6, 6.07) is 8.38. The molecule has 0 radical (unpaired) electrons. The van der Waals surface area contributed by atoms with Crippen molar-refractivity contribution in [1.29, 1.82) is 0 Å². The number of aliphatic hydroxyl groups is 2. The summed E-state index contributed by atoms with van der Waals surface area (Å²) in [6.07, 6.45) is -5.48. The number of Topliss-reactive ketones (excluding diaryl/α,β-unsaturated/α-hetero) is 1. The lowest BCUT2D eigenvalue weighted by molar-refractivity contribution is -0.335. The van der Waals surface area contributed by atoms with Crippen LogP contribution in [0.1, 0.15) is 64.7 Å². The van der Waals surface area contributed by atoms with Crippen LogP contribution in [0.25, 0.3) is 0 Å². The van der Waals surface area contributed by atoms with E-state index in [1.165, 1.54) is 13.8 Å². The van der Waals surface area contributed by atoms with Crippen LogP contribution < -0.4 is 0 Å². The van der Waals surface area contributed by atoms with Gasteiger partial charge in [0.05, 0.1) is 35.7 Å². The van der Waals surface area contributed by atoms with Crippen LogP contribution in [0.5, 0.6) is 0 Å². The normalized spacial score (nSPS) is 39.2. The Morgan fingerprint density at radius 3 is 2.20 bits per heavy atom. The molecular formula is C31H38O10. The molecule has 1 aliphatic heterocycles. The fourth-order valence-corrected chi connectivity index (χ4v) is 7.98. The van der Waals surface area contributed by atoms with Crippen LogP contribution in [0, 0.1) is 22.7 Å². The third-order valence-electron chi connectivity index (χ3n) is 10.0. The number of aliphatic hydroxyl groups excluding tert-OH is 2. The second kappa shape index (κ2) is 10.0. The molecule has 2 unspecified atom stereocenters. The van der Waals surface area contributed by atoms with Crippen LogP contribution in [0.4, 0.5) is 0 Å². The lowest BCUT2D eigenvalue weighted by Crippen LogP contribution is -2.79. The predicted octanol–water partition coefficient (Wildman–Crippen LogP) is 2.54. The average Bonchev–Trinajstić information content (AvgIpc) is 2.89. The lowest BCUT2D eigenvalue weighted by Gasteiger charge is -2.65. The number of carbonyl (C=O) groups excluding carboxylic acids is 4. The zero-order valence-corrected chi connectivity index (χ0v) is 24.2. The van der Waals surface area contributed by atoms with Crippen molar-refractivity contribution in [2.75, 3.05) is 6.61 Å². The molecule has 1 aromatic rings. The summed E-state index contributed by atoms with van der Waals surface area (Å²) in [6.45, 7) is 9.36. The number of carbonyl (C=O) groups is 4. The monoisotopic (exact) mass is 570 g/mol. The van der Waals surface area contributed by atoms with Gasteiger partial charge in [0, 0.05) is 26.2 Å². The van der Waals surface area contributed by atoms with E-state index in [1.54, 1.807) is 44.2 Å². The third kappa shape index (κ3) is 4.33. The fraction of sp³-hybridized carbons (Fsp3) is 0.613. The molecule has 1 heterocycles. The quantitative estimate of drug-likeness (QED) is 0.315. The van der Waals surface area contributed by atoms with Crippen molar-refractivity contribution in [2.45, 2.75) is 90.5 Å². The van der Waals surface area contributed by atoms with Crippen molar-refractivity contribution >= 4 is 23.7 Å². The van der Waals surface area contributed by atoms with Gasteiger partial charge in [-0.1, -0.05) is 32.0 Å². The number of ether oxygens (including phenoxy) is 4. The first-order valence-corrected chi connectivity index (χ1v) is 14.0. The van der Waals surface area contributed by atoms with E-state index in [9.17, 15) is 29.4 Å². The Kier molecular flexibility index (Phi) is 7.19. The van der Waals surface area contributed by atoms with Gasteiger partial charge in [-0.05, 0) is 49.0 Å². The van der Waals surface area contributed by atoms with E-state index < -0.39 is 82.5 Å². The van der Waals surface area contributed by atoms with Gasteiger partial charge < -0.3 is 29.2 Å². The topological polar surface area (TPSA) is 146 Å². The van der Waals surface area contributed by atoms with Crippen molar-refractivity contribution in [3.05, 3.63) is 47.0 Å². The van der Waals surface area contributed by atoms with Gasteiger partial charge in [0.25, 0.3) is 0 Å². The Morgan fingerprint density at radius 1 is 0.976 bits per heavy atom. The van der Waals surface area contributed by atoms with Crippen LogP contribution in [-0.4, -0.2) is 76.6 Å². The standard InChI is InChI=1S/C31H38O10/c1-15-20(34)12-19-24(40-28(37)18-10-8-7-9-11-18)26-30(6,21(35)13-22-31(26,14-38-22)41-17(3)33)27(36)25(39-16(2)32)23(15)29(19,4)5/h7-11,19-22,24-26,34-35H,12-14H2,1-6H3/t19?,20-,21-,22+,24+,25+,26?,30+,31-/m0/s1. The summed E-state index contributed by atoms with van der Waals surface area (Å²) < 4.78 is 23.8. The molecule has 2 N–H and O–H groups in total. The summed E-state index contributed by atoms with van der Waals surface area (Å²) in [4.78, 5) is 53.4. The van der Waals surface area contributed by atoms with Gasteiger partial charge in [0.2, 0.25) is 0 Å². The summed E-state index contributed by atoms with van der Waals surface area (Å²) in [5.41, 5.74) is -2.84. The minimum atomic E-state index is -1.69.